The number of piperazine rings is 1. The first-order chi connectivity index (χ1) is 11.0. The van der Waals surface area contributed by atoms with Gasteiger partial charge in [-0.05, 0) is 55.3 Å². The molecule has 0 saturated carbocycles. The minimum Gasteiger partial charge on any atom is -0.368 e. The smallest absolute Gasteiger partial charge is 0.254 e. The fourth-order valence-electron chi connectivity index (χ4n) is 3.11. The number of hydrogen-bond acceptors (Lipinski definition) is 2. The Morgan fingerprint density at radius 2 is 1.61 bits per heavy atom. The van der Waals surface area contributed by atoms with E-state index in [9.17, 15) is 9.18 Å². The Kier molecular flexibility index (Phi) is 4.33. The summed E-state index contributed by atoms with van der Waals surface area (Å²) in [6.07, 6.45) is 0. The van der Waals surface area contributed by atoms with Gasteiger partial charge in [0, 0.05) is 37.4 Å². The topological polar surface area (TPSA) is 23.6 Å². The highest BCUT2D eigenvalue weighted by Crippen LogP contribution is 2.21. The maximum absolute atomic E-state index is 13.3. The lowest BCUT2D eigenvalue weighted by molar-refractivity contribution is 0.0746. The lowest BCUT2D eigenvalue weighted by atomic mass is 10.1. The normalized spacial score (nSPS) is 14.9. The van der Waals surface area contributed by atoms with E-state index in [4.69, 9.17) is 0 Å². The van der Waals surface area contributed by atoms with E-state index in [2.05, 4.69) is 36.9 Å². The molecule has 1 amide bonds. The number of anilines is 1. The van der Waals surface area contributed by atoms with Gasteiger partial charge < -0.3 is 9.80 Å². The van der Waals surface area contributed by atoms with E-state index in [-0.39, 0.29) is 11.7 Å². The van der Waals surface area contributed by atoms with Gasteiger partial charge in [0.25, 0.3) is 5.91 Å². The summed E-state index contributed by atoms with van der Waals surface area (Å²) in [6, 6.07) is 12.4. The molecule has 1 aliphatic rings. The number of aryl methyl sites for hydroxylation is 2. The minimum absolute atomic E-state index is 0.0930. The standard InChI is InChI=1S/C19H21FN2O/c1-14-10-15(2)12-18(11-14)21-6-8-22(9-7-21)19(23)16-4-3-5-17(20)13-16/h3-5,10-13H,6-9H2,1-2H3. The zero-order chi connectivity index (χ0) is 16.4. The molecule has 3 nitrogen and oxygen atoms in total. The van der Waals surface area contributed by atoms with Crippen LogP contribution in [0, 0.1) is 19.7 Å². The summed E-state index contributed by atoms with van der Waals surface area (Å²) in [5.41, 5.74) is 4.13. The lowest BCUT2D eigenvalue weighted by Gasteiger charge is -2.36. The number of carbonyl (C=O) groups excluding carboxylic acids is 1. The Bertz CT molecular complexity index is 701. The fourth-order valence-corrected chi connectivity index (χ4v) is 3.11. The van der Waals surface area contributed by atoms with Gasteiger partial charge in [-0.3, -0.25) is 4.79 Å². The Morgan fingerprint density at radius 1 is 0.957 bits per heavy atom. The molecule has 23 heavy (non-hydrogen) atoms. The maximum atomic E-state index is 13.3. The van der Waals surface area contributed by atoms with Gasteiger partial charge in [-0.2, -0.15) is 0 Å². The van der Waals surface area contributed by atoms with Crippen molar-refractivity contribution in [1.29, 1.82) is 0 Å². The molecule has 120 valence electrons. The number of nitrogens with zero attached hydrogens (tertiary/aromatic N) is 2. The molecule has 0 aromatic heterocycles. The summed E-state index contributed by atoms with van der Waals surface area (Å²) < 4.78 is 13.3. The Balaban J connectivity index is 1.67. The summed E-state index contributed by atoms with van der Waals surface area (Å²) >= 11 is 0. The molecule has 2 aromatic carbocycles. The summed E-state index contributed by atoms with van der Waals surface area (Å²) in [5.74, 6) is -0.464. The number of amides is 1. The van der Waals surface area contributed by atoms with Crippen molar-refractivity contribution in [2.45, 2.75) is 13.8 Å². The average Bonchev–Trinajstić information content (AvgIpc) is 2.53. The number of hydrogen-bond donors (Lipinski definition) is 0. The van der Waals surface area contributed by atoms with Gasteiger partial charge in [-0.1, -0.05) is 12.1 Å². The Hall–Kier alpha value is -2.36. The van der Waals surface area contributed by atoms with Crippen LogP contribution in [0.15, 0.2) is 42.5 Å². The SMILES string of the molecule is Cc1cc(C)cc(N2CCN(C(=O)c3cccc(F)c3)CC2)c1. The van der Waals surface area contributed by atoms with Crippen molar-refractivity contribution >= 4 is 11.6 Å². The highest BCUT2D eigenvalue weighted by atomic mass is 19.1. The number of halogens is 1. The molecule has 2 aromatic rings. The van der Waals surface area contributed by atoms with Gasteiger partial charge in [-0.25, -0.2) is 4.39 Å². The first kappa shape index (κ1) is 15.5. The summed E-state index contributed by atoms with van der Waals surface area (Å²) in [5, 5.41) is 0. The molecule has 1 fully saturated rings. The Morgan fingerprint density at radius 3 is 2.22 bits per heavy atom. The molecule has 3 rings (SSSR count). The third-order valence-electron chi connectivity index (χ3n) is 4.21. The number of benzene rings is 2. The lowest BCUT2D eigenvalue weighted by Crippen LogP contribution is -2.48. The summed E-state index contributed by atoms with van der Waals surface area (Å²) in [7, 11) is 0. The van der Waals surface area contributed by atoms with Gasteiger partial charge in [0.1, 0.15) is 5.82 Å². The highest BCUT2D eigenvalue weighted by molar-refractivity contribution is 5.94. The summed E-state index contributed by atoms with van der Waals surface area (Å²) in [6.45, 7) is 7.10. The van der Waals surface area contributed by atoms with Crippen molar-refractivity contribution in [2.75, 3.05) is 31.1 Å². The second kappa shape index (κ2) is 6.41. The second-order valence-electron chi connectivity index (χ2n) is 6.14. The van der Waals surface area contributed by atoms with Crippen LogP contribution in [0.25, 0.3) is 0 Å². The van der Waals surface area contributed by atoms with Crippen LogP contribution >= 0.6 is 0 Å². The van der Waals surface area contributed by atoms with Crippen LogP contribution in [0.4, 0.5) is 10.1 Å². The summed E-state index contributed by atoms with van der Waals surface area (Å²) in [4.78, 5) is 16.5. The van der Waals surface area contributed by atoms with E-state index in [1.54, 1.807) is 17.0 Å². The molecule has 4 heteroatoms. The molecule has 0 radical (unpaired) electrons. The third kappa shape index (κ3) is 3.52. The fraction of sp³-hybridized carbons (Fsp3) is 0.316. The highest BCUT2D eigenvalue weighted by Gasteiger charge is 2.22. The first-order valence-electron chi connectivity index (χ1n) is 7.91. The van der Waals surface area contributed by atoms with Gasteiger partial charge >= 0.3 is 0 Å². The monoisotopic (exact) mass is 312 g/mol. The molecule has 0 atom stereocenters. The molecule has 0 spiro atoms. The minimum atomic E-state index is -0.371. The number of carbonyl (C=O) groups is 1. The molecule has 0 unspecified atom stereocenters. The van der Waals surface area contributed by atoms with E-state index >= 15 is 0 Å². The van der Waals surface area contributed by atoms with Gasteiger partial charge in [0.05, 0.1) is 0 Å². The van der Waals surface area contributed by atoms with E-state index < -0.39 is 0 Å². The molecular weight excluding hydrogens is 291 g/mol. The van der Waals surface area contributed by atoms with Crippen molar-refractivity contribution < 1.29 is 9.18 Å². The van der Waals surface area contributed by atoms with Crippen LogP contribution in [-0.2, 0) is 0 Å². The zero-order valence-electron chi connectivity index (χ0n) is 13.6. The predicted octanol–water partition coefficient (Wildman–Crippen LogP) is 3.40. The van der Waals surface area contributed by atoms with Crippen molar-refractivity contribution in [3.8, 4) is 0 Å². The molecule has 1 heterocycles. The van der Waals surface area contributed by atoms with Crippen LogP contribution in [0.5, 0.6) is 0 Å². The van der Waals surface area contributed by atoms with E-state index in [0.717, 1.165) is 13.1 Å². The van der Waals surface area contributed by atoms with Crippen LogP contribution in [0.1, 0.15) is 21.5 Å². The van der Waals surface area contributed by atoms with Crippen molar-refractivity contribution in [3.05, 3.63) is 65.0 Å². The van der Waals surface area contributed by atoms with Gasteiger partial charge in [0.2, 0.25) is 0 Å². The van der Waals surface area contributed by atoms with Crippen LogP contribution in [0.3, 0.4) is 0 Å². The zero-order valence-corrected chi connectivity index (χ0v) is 13.6. The largest absolute Gasteiger partial charge is 0.368 e. The maximum Gasteiger partial charge on any atom is 0.254 e. The quantitative estimate of drug-likeness (QED) is 0.848. The third-order valence-corrected chi connectivity index (χ3v) is 4.21. The van der Waals surface area contributed by atoms with Crippen LogP contribution in [-0.4, -0.2) is 37.0 Å². The van der Waals surface area contributed by atoms with Crippen molar-refractivity contribution in [1.82, 2.24) is 4.90 Å². The van der Waals surface area contributed by atoms with E-state index in [0.29, 0.717) is 18.7 Å². The van der Waals surface area contributed by atoms with Crippen molar-refractivity contribution in [2.24, 2.45) is 0 Å². The van der Waals surface area contributed by atoms with E-state index in [1.165, 1.54) is 28.9 Å². The number of rotatable bonds is 2. The molecule has 0 N–H and O–H groups in total. The van der Waals surface area contributed by atoms with Crippen molar-refractivity contribution in [3.63, 3.8) is 0 Å². The molecule has 0 aliphatic carbocycles. The molecule has 0 bridgehead atoms. The van der Waals surface area contributed by atoms with Gasteiger partial charge in [-0.15, -0.1) is 0 Å². The van der Waals surface area contributed by atoms with Crippen LogP contribution in [0.2, 0.25) is 0 Å². The Labute approximate surface area is 136 Å². The second-order valence-corrected chi connectivity index (χ2v) is 6.14. The molecule has 1 aliphatic heterocycles. The first-order valence-corrected chi connectivity index (χ1v) is 7.91. The van der Waals surface area contributed by atoms with Crippen LogP contribution < -0.4 is 4.90 Å². The van der Waals surface area contributed by atoms with E-state index in [1.807, 2.05) is 0 Å². The molecule has 1 saturated heterocycles. The average molecular weight is 312 g/mol. The van der Waals surface area contributed by atoms with Gasteiger partial charge in [0.15, 0.2) is 0 Å². The molecular formula is C19H21FN2O. The predicted molar refractivity (Wildman–Crippen MR) is 90.4 cm³/mol.